The van der Waals surface area contributed by atoms with Crippen LogP contribution in [0.2, 0.25) is 0 Å². The molecule has 1 amide bonds. The highest BCUT2D eigenvalue weighted by atomic mass is 79.9. The van der Waals surface area contributed by atoms with Gasteiger partial charge in [0.25, 0.3) is 0 Å². The van der Waals surface area contributed by atoms with Crippen LogP contribution in [0.15, 0.2) is 28.7 Å². The molecule has 21 heavy (non-hydrogen) atoms. The van der Waals surface area contributed by atoms with E-state index < -0.39 is 5.97 Å². The van der Waals surface area contributed by atoms with Gasteiger partial charge in [0.15, 0.2) is 0 Å². The molecule has 1 aromatic rings. The number of carboxylic acids is 1. The summed E-state index contributed by atoms with van der Waals surface area (Å²) >= 11 is 3.39. The van der Waals surface area contributed by atoms with Crippen LogP contribution < -0.4 is 5.32 Å². The number of aliphatic carboxylic acids is 1. The van der Waals surface area contributed by atoms with E-state index in [2.05, 4.69) is 21.2 Å². The molecule has 5 heteroatoms. The van der Waals surface area contributed by atoms with E-state index in [-0.39, 0.29) is 23.8 Å². The Morgan fingerprint density at radius 3 is 2.48 bits per heavy atom. The smallest absolute Gasteiger partial charge is 0.306 e. The number of benzene rings is 1. The summed E-state index contributed by atoms with van der Waals surface area (Å²) in [6, 6.07) is 7.75. The van der Waals surface area contributed by atoms with Crippen molar-refractivity contribution in [2.45, 2.75) is 38.6 Å². The van der Waals surface area contributed by atoms with Crippen LogP contribution in [-0.2, 0) is 9.59 Å². The van der Waals surface area contributed by atoms with Gasteiger partial charge in [0, 0.05) is 10.4 Å². The molecule has 4 nitrogen and oxygen atoms in total. The Balaban J connectivity index is 1.94. The fourth-order valence-corrected chi connectivity index (χ4v) is 3.08. The Hall–Kier alpha value is -1.36. The first-order chi connectivity index (χ1) is 9.97. The van der Waals surface area contributed by atoms with E-state index in [0.29, 0.717) is 12.8 Å². The summed E-state index contributed by atoms with van der Waals surface area (Å²) in [5, 5.41) is 12.1. The molecule has 1 aromatic carbocycles. The summed E-state index contributed by atoms with van der Waals surface area (Å²) in [5.74, 6) is -1.37. The molecular weight excluding hydrogens is 334 g/mol. The lowest BCUT2D eigenvalue weighted by atomic mass is 9.81. The van der Waals surface area contributed by atoms with Crippen molar-refractivity contribution < 1.29 is 14.7 Å². The first kappa shape index (κ1) is 16.0. The van der Waals surface area contributed by atoms with E-state index in [4.69, 9.17) is 5.11 Å². The third-order valence-corrected chi connectivity index (χ3v) is 4.65. The number of hydrogen-bond donors (Lipinski definition) is 2. The van der Waals surface area contributed by atoms with Crippen molar-refractivity contribution in [2.24, 2.45) is 11.8 Å². The molecule has 0 radical (unpaired) electrons. The van der Waals surface area contributed by atoms with Crippen LogP contribution in [-0.4, -0.2) is 17.0 Å². The second-order valence-corrected chi connectivity index (χ2v) is 6.60. The van der Waals surface area contributed by atoms with E-state index in [1.165, 1.54) is 0 Å². The largest absolute Gasteiger partial charge is 0.481 e. The number of halogens is 1. The molecule has 114 valence electrons. The maximum atomic E-state index is 12.3. The molecule has 0 aromatic heterocycles. The number of carbonyl (C=O) groups is 2. The summed E-state index contributed by atoms with van der Waals surface area (Å²) in [4.78, 5) is 23.4. The van der Waals surface area contributed by atoms with Gasteiger partial charge in [0.2, 0.25) is 5.91 Å². The van der Waals surface area contributed by atoms with Crippen LogP contribution in [0.5, 0.6) is 0 Å². The Kier molecular flexibility index (Phi) is 5.39. The Morgan fingerprint density at radius 2 is 1.86 bits per heavy atom. The monoisotopic (exact) mass is 353 g/mol. The van der Waals surface area contributed by atoms with E-state index >= 15 is 0 Å². The van der Waals surface area contributed by atoms with Gasteiger partial charge in [0.1, 0.15) is 0 Å². The number of hydrogen-bond acceptors (Lipinski definition) is 2. The molecule has 0 saturated heterocycles. The maximum absolute atomic E-state index is 12.3. The van der Waals surface area contributed by atoms with Crippen molar-refractivity contribution in [3.8, 4) is 0 Å². The summed E-state index contributed by atoms with van der Waals surface area (Å²) in [6.07, 6.45) is 2.72. The molecule has 3 atom stereocenters. The van der Waals surface area contributed by atoms with Gasteiger partial charge >= 0.3 is 5.97 Å². The van der Waals surface area contributed by atoms with E-state index in [0.717, 1.165) is 22.9 Å². The summed E-state index contributed by atoms with van der Waals surface area (Å²) in [5.41, 5.74) is 1.04. The van der Waals surface area contributed by atoms with Gasteiger partial charge in [-0.2, -0.15) is 0 Å². The molecule has 0 heterocycles. The van der Waals surface area contributed by atoms with Crippen LogP contribution in [0, 0.1) is 11.8 Å². The lowest BCUT2D eigenvalue weighted by Crippen LogP contribution is -2.36. The number of rotatable bonds is 4. The lowest BCUT2D eigenvalue weighted by molar-refractivity contribution is -0.144. The first-order valence-electron chi connectivity index (χ1n) is 7.26. The SMILES string of the molecule is CC(NC(=O)C1CCCC(C(=O)O)C1)c1ccc(Br)cc1. The van der Waals surface area contributed by atoms with Gasteiger partial charge in [-0.25, -0.2) is 0 Å². The fourth-order valence-electron chi connectivity index (χ4n) is 2.82. The van der Waals surface area contributed by atoms with Crippen LogP contribution in [0.3, 0.4) is 0 Å². The van der Waals surface area contributed by atoms with Gasteiger partial charge in [0.05, 0.1) is 12.0 Å². The van der Waals surface area contributed by atoms with Gasteiger partial charge in [-0.05, 0) is 43.9 Å². The molecule has 1 saturated carbocycles. The maximum Gasteiger partial charge on any atom is 0.306 e. The van der Waals surface area contributed by atoms with E-state index in [9.17, 15) is 9.59 Å². The van der Waals surface area contributed by atoms with Gasteiger partial charge < -0.3 is 10.4 Å². The topological polar surface area (TPSA) is 66.4 Å². The van der Waals surface area contributed by atoms with Crippen molar-refractivity contribution in [3.63, 3.8) is 0 Å². The predicted molar refractivity (Wildman–Crippen MR) is 83.8 cm³/mol. The van der Waals surface area contributed by atoms with Crippen LogP contribution in [0.25, 0.3) is 0 Å². The Bertz CT molecular complexity index is 515. The molecule has 1 aliphatic rings. The van der Waals surface area contributed by atoms with Crippen LogP contribution in [0.1, 0.15) is 44.2 Å². The fraction of sp³-hybridized carbons (Fsp3) is 0.500. The molecule has 2 N–H and O–H groups in total. The molecule has 2 rings (SSSR count). The minimum absolute atomic E-state index is 0.0311. The highest BCUT2D eigenvalue weighted by molar-refractivity contribution is 9.10. The minimum atomic E-state index is -0.784. The number of nitrogens with one attached hydrogen (secondary N) is 1. The summed E-state index contributed by atoms with van der Waals surface area (Å²) in [7, 11) is 0. The van der Waals surface area contributed by atoms with Gasteiger partial charge in [-0.3, -0.25) is 9.59 Å². The van der Waals surface area contributed by atoms with Crippen LogP contribution in [0.4, 0.5) is 0 Å². The minimum Gasteiger partial charge on any atom is -0.481 e. The molecule has 0 spiro atoms. The quantitative estimate of drug-likeness (QED) is 0.870. The predicted octanol–water partition coefficient (Wildman–Crippen LogP) is 3.52. The average molecular weight is 354 g/mol. The summed E-state index contributed by atoms with van der Waals surface area (Å²) in [6.45, 7) is 1.94. The Labute approximate surface area is 133 Å². The van der Waals surface area contributed by atoms with Crippen molar-refractivity contribution in [2.75, 3.05) is 0 Å². The van der Waals surface area contributed by atoms with E-state index in [1.807, 2.05) is 31.2 Å². The highest BCUT2D eigenvalue weighted by Crippen LogP contribution is 2.30. The third-order valence-electron chi connectivity index (χ3n) is 4.12. The second-order valence-electron chi connectivity index (χ2n) is 5.68. The molecule has 1 aliphatic carbocycles. The molecule has 3 unspecified atom stereocenters. The molecule has 1 fully saturated rings. The first-order valence-corrected chi connectivity index (χ1v) is 8.05. The third kappa shape index (κ3) is 4.30. The molecular formula is C16H20BrNO3. The van der Waals surface area contributed by atoms with Crippen molar-refractivity contribution in [1.82, 2.24) is 5.32 Å². The van der Waals surface area contributed by atoms with Crippen molar-refractivity contribution in [1.29, 1.82) is 0 Å². The van der Waals surface area contributed by atoms with Crippen molar-refractivity contribution in [3.05, 3.63) is 34.3 Å². The number of amides is 1. The van der Waals surface area contributed by atoms with Gasteiger partial charge in [-0.15, -0.1) is 0 Å². The van der Waals surface area contributed by atoms with E-state index in [1.54, 1.807) is 0 Å². The second kappa shape index (κ2) is 7.07. The zero-order valence-corrected chi connectivity index (χ0v) is 13.6. The normalized spacial score (nSPS) is 23.3. The number of carbonyl (C=O) groups excluding carboxylic acids is 1. The molecule has 0 aliphatic heterocycles. The number of carboxylic acid groups (broad SMARTS) is 1. The zero-order valence-electron chi connectivity index (χ0n) is 12.0. The summed E-state index contributed by atoms with van der Waals surface area (Å²) < 4.78 is 1.00. The lowest BCUT2D eigenvalue weighted by Gasteiger charge is -2.27. The van der Waals surface area contributed by atoms with Crippen LogP contribution >= 0.6 is 15.9 Å². The Morgan fingerprint density at radius 1 is 1.24 bits per heavy atom. The average Bonchev–Trinajstić information content (AvgIpc) is 2.48. The molecule has 0 bridgehead atoms. The zero-order chi connectivity index (χ0) is 15.4. The standard InChI is InChI=1S/C16H20BrNO3/c1-10(11-5-7-14(17)8-6-11)18-15(19)12-3-2-4-13(9-12)16(20)21/h5-8,10,12-13H,2-4,9H2,1H3,(H,18,19)(H,20,21). The highest BCUT2D eigenvalue weighted by Gasteiger charge is 2.31. The van der Waals surface area contributed by atoms with Crippen molar-refractivity contribution >= 4 is 27.8 Å². The van der Waals surface area contributed by atoms with Gasteiger partial charge in [-0.1, -0.05) is 34.5 Å².